The summed E-state index contributed by atoms with van der Waals surface area (Å²) in [6, 6.07) is 32.0. The molecule has 8 rings (SSSR count). The van der Waals surface area contributed by atoms with Crippen LogP contribution >= 0.6 is 11.8 Å². The van der Waals surface area contributed by atoms with Crippen LogP contribution in [-0.4, -0.2) is 68.5 Å². The van der Waals surface area contributed by atoms with Gasteiger partial charge in [-0.3, -0.25) is 0 Å². The van der Waals surface area contributed by atoms with Crippen molar-refractivity contribution in [1.82, 2.24) is 0 Å². The SMILES string of the molecule is CC(C)(C)[Si](OC[C@@H]1C[C@H]2O[C@]34O[C@]5(C=CC[C@H](COCc6ccccc6)O5)CC3SC[C@@H]4C[C@H]2O1)(c1ccccc1)c1ccccc1. The summed E-state index contributed by atoms with van der Waals surface area (Å²) in [6.45, 7) is 8.63. The smallest absolute Gasteiger partial charge is 0.261 e. The number of benzene rings is 3. The fraction of sp³-hybridized carbons (Fsp3) is 0.500. The van der Waals surface area contributed by atoms with Gasteiger partial charge < -0.3 is 28.1 Å². The molecule has 6 nitrogen and oxygen atoms in total. The maximum atomic E-state index is 7.28. The molecule has 0 aliphatic carbocycles. The summed E-state index contributed by atoms with van der Waals surface area (Å²) in [5.41, 5.74) is 1.17. The standard InChI is InChI=1S/C40H48O6SSi/c1-38(2,3)48(33-17-9-5-10-18-33,34-19-11-6-12-20-34)42-27-32-23-36-35(43-32)22-30-28-47-37-24-39(46-40(30,37)45-36)21-13-16-31(44-39)26-41-25-29-14-7-4-8-15-29/h4-15,17-21,30-32,35-37H,16,22-28H2,1-3H3/t30-,31+,32-,35+,36+,37?,39+,40+/m0/s1. The van der Waals surface area contributed by atoms with Crippen molar-refractivity contribution in [2.45, 2.75) is 99.3 Å². The summed E-state index contributed by atoms with van der Waals surface area (Å²) in [7, 11) is -2.66. The van der Waals surface area contributed by atoms with Crippen LogP contribution < -0.4 is 10.4 Å². The molecule has 1 unspecified atom stereocenters. The summed E-state index contributed by atoms with van der Waals surface area (Å²) < 4.78 is 41.0. The zero-order chi connectivity index (χ0) is 32.8. The van der Waals surface area contributed by atoms with Gasteiger partial charge in [0.15, 0.2) is 11.6 Å². The Hall–Kier alpha value is -2.27. The highest BCUT2D eigenvalue weighted by molar-refractivity contribution is 8.00. The van der Waals surface area contributed by atoms with E-state index in [0.29, 0.717) is 19.8 Å². The third-order valence-corrected chi connectivity index (χ3v) is 17.4. The lowest BCUT2D eigenvalue weighted by Gasteiger charge is -2.45. The van der Waals surface area contributed by atoms with Gasteiger partial charge in [0.2, 0.25) is 0 Å². The summed E-state index contributed by atoms with van der Waals surface area (Å²) in [5, 5.41) is 2.72. The van der Waals surface area contributed by atoms with Gasteiger partial charge in [-0.1, -0.05) is 118 Å². The fourth-order valence-electron chi connectivity index (χ4n) is 8.74. The molecule has 5 aliphatic rings. The molecule has 0 radical (unpaired) electrons. The average molecular weight is 685 g/mol. The maximum absolute atomic E-state index is 7.28. The lowest BCUT2D eigenvalue weighted by atomic mass is 9.86. The first-order valence-corrected chi connectivity index (χ1v) is 20.6. The van der Waals surface area contributed by atoms with Crippen molar-refractivity contribution in [1.29, 1.82) is 0 Å². The molecule has 4 saturated heterocycles. The molecule has 5 aliphatic heterocycles. The minimum absolute atomic E-state index is 0.0251. The van der Waals surface area contributed by atoms with Crippen LogP contribution in [0.5, 0.6) is 0 Å². The van der Waals surface area contributed by atoms with Gasteiger partial charge in [0, 0.05) is 24.5 Å². The first kappa shape index (κ1) is 32.9. The number of fused-ring (bicyclic) bond motifs is 1. The molecular formula is C40H48O6SSi. The van der Waals surface area contributed by atoms with Crippen LogP contribution in [0.15, 0.2) is 103 Å². The molecule has 254 valence electrons. The minimum Gasteiger partial charge on any atom is -0.405 e. The van der Waals surface area contributed by atoms with E-state index in [1.165, 1.54) is 15.9 Å². The number of thioether (sulfide) groups is 1. The van der Waals surface area contributed by atoms with E-state index < -0.39 is 19.9 Å². The molecule has 0 bridgehead atoms. The van der Waals surface area contributed by atoms with E-state index in [2.05, 4.69) is 106 Å². The molecule has 8 heteroatoms. The van der Waals surface area contributed by atoms with Crippen LogP contribution in [0.1, 0.15) is 52.0 Å². The molecule has 0 amide bonds. The summed E-state index contributed by atoms with van der Waals surface area (Å²) in [5.74, 6) is -0.145. The molecule has 2 spiro atoms. The van der Waals surface area contributed by atoms with E-state index in [4.69, 9.17) is 28.1 Å². The minimum atomic E-state index is -2.66. The molecule has 48 heavy (non-hydrogen) atoms. The Morgan fingerprint density at radius 1 is 0.812 bits per heavy atom. The van der Waals surface area contributed by atoms with Crippen molar-refractivity contribution in [2.24, 2.45) is 5.92 Å². The van der Waals surface area contributed by atoms with E-state index >= 15 is 0 Å². The van der Waals surface area contributed by atoms with Crippen molar-refractivity contribution < 1.29 is 28.1 Å². The van der Waals surface area contributed by atoms with Gasteiger partial charge in [-0.05, 0) is 39.9 Å². The van der Waals surface area contributed by atoms with E-state index in [1.54, 1.807) is 0 Å². The molecule has 0 saturated carbocycles. The van der Waals surface area contributed by atoms with E-state index in [0.717, 1.165) is 31.4 Å². The lowest BCUT2D eigenvalue weighted by Crippen LogP contribution is -2.67. The topological polar surface area (TPSA) is 55.4 Å². The third kappa shape index (κ3) is 5.96. The van der Waals surface area contributed by atoms with E-state index in [1.807, 2.05) is 30.0 Å². The highest BCUT2D eigenvalue weighted by Gasteiger charge is 2.68. The average Bonchev–Trinajstić information content (AvgIpc) is 3.72. The fourth-order valence-corrected chi connectivity index (χ4v) is 15.0. The van der Waals surface area contributed by atoms with Crippen molar-refractivity contribution in [2.75, 3.05) is 19.0 Å². The predicted molar refractivity (Wildman–Crippen MR) is 192 cm³/mol. The van der Waals surface area contributed by atoms with Crippen molar-refractivity contribution in [3.05, 3.63) is 109 Å². The van der Waals surface area contributed by atoms with Gasteiger partial charge in [-0.15, -0.1) is 0 Å². The van der Waals surface area contributed by atoms with Gasteiger partial charge in [0.05, 0.1) is 49.5 Å². The molecule has 0 aromatic heterocycles. The van der Waals surface area contributed by atoms with Crippen LogP contribution in [0.2, 0.25) is 5.04 Å². The Morgan fingerprint density at radius 3 is 2.19 bits per heavy atom. The molecule has 8 atom stereocenters. The van der Waals surface area contributed by atoms with Crippen LogP contribution in [0.4, 0.5) is 0 Å². The van der Waals surface area contributed by atoms with Gasteiger partial charge >= 0.3 is 0 Å². The molecule has 0 N–H and O–H groups in total. The predicted octanol–water partition coefficient (Wildman–Crippen LogP) is 6.62. The molecule has 3 aromatic rings. The van der Waals surface area contributed by atoms with Gasteiger partial charge in [0.1, 0.15) is 0 Å². The van der Waals surface area contributed by atoms with Crippen LogP contribution in [0, 0.1) is 5.92 Å². The zero-order valence-electron chi connectivity index (χ0n) is 28.3. The normalized spacial score (nSPS) is 34.2. The molecular weight excluding hydrogens is 637 g/mol. The van der Waals surface area contributed by atoms with E-state index in [-0.39, 0.29) is 40.6 Å². The second-order valence-electron chi connectivity index (χ2n) is 15.1. The van der Waals surface area contributed by atoms with Crippen LogP contribution in [0.25, 0.3) is 0 Å². The summed E-state index contributed by atoms with van der Waals surface area (Å²) >= 11 is 1.97. The van der Waals surface area contributed by atoms with Crippen LogP contribution in [0.3, 0.4) is 0 Å². The number of ether oxygens (including phenoxy) is 5. The highest BCUT2D eigenvalue weighted by Crippen LogP contribution is 2.60. The number of hydrogen-bond acceptors (Lipinski definition) is 7. The molecule has 5 heterocycles. The van der Waals surface area contributed by atoms with E-state index in [9.17, 15) is 0 Å². The Bertz CT molecular complexity index is 1530. The molecule has 3 aromatic carbocycles. The third-order valence-electron chi connectivity index (χ3n) is 10.9. The Kier molecular flexibility index (Phi) is 9.00. The second-order valence-corrected chi connectivity index (χ2v) is 20.7. The highest BCUT2D eigenvalue weighted by atomic mass is 32.2. The Balaban J connectivity index is 0.950. The Morgan fingerprint density at radius 2 is 1.50 bits per heavy atom. The first-order valence-electron chi connectivity index (χ1n) is 17.7. The van der Waals surface area contributed by atoms with Gasteiger partial charge in [-0.2, -0.15) is 11.8 Å². The zero-order valence-corrected chi connectivity index (χ0v) is 30.1. The number of hydrogen-bond donors (Lipinski definition) is 0. The number of rotatable bonds is 9. The monoisotopic (exact) mass is 684 g/mol. The second kappa shape index (κ2) is 13.1. The first-order chi connectivity index (χ1) is 23.3. The summed E-state index contributed by atoms with van der Waals surface area (Å²) in [4.78, 5) is 0. The van der Waals surface area contributed by atoms with Gasteiger partial charge in [0.25, 0.3) is 8.32 Å². The quantitative estimate of drug-likeness (QED) is 0.186. The lowest BCUT2D eigenvalue weighted by molar-refractivity contribution is -0.355. The largest absolute Gasteiger partial charge is 0.405 e. The maximum Gasteiger partial charge on any atom is 0.261 e. The van der Waals surface area contributed by atoms with Crippen molar-refractivity contribution >= 4 is 30.5 Å². The Labute approximate surface area is 290 Å². The van der Waals surface area contributed by atoms with Gasteiger partial charge in [-0.25, -0.2) is 0 Å². The van der Waals surface area contributed by atoms with Crippen molar-refractivity contribution in [3.63, 3.8) is 0 Å². The summed E-state index contributed by atoms with van der Waals surface area (Å²) in [6.07, 6.45) is 7.64. The van der Waals surface area contributed by atoms with Crippen LogP contribution in [-0.2, 0) is 34.7 Å². The van der Waals surface area contributed by atoms with Crippen molar-refractivity contribution in [3.8, 4) is 0 Å². The molecule has 4 fully saturated rings.